The van der Waals surface area contributed by atoms with Crippen molar-refractivity contribution < 1.29 is 9.47 Å². The van der Waals surface area contributed by atoms with Gasteiger partial charge >= 0.3 is 0 Å². The SMILES string of the molecule is CCOCCP(CCOCC)Cc1ccccc1. The first-order valence-corrected chi connectivity index (χ1v) is 8.68. The maximum absolute atomic E-state index is 5.48. The molecule has 0 bridgehead atoms. The van der Waals surface area contributed by atoms with Crippen molar-refractivity contribution in [3.05, 3.63) is 35.9 Å². The molecule has 0 radical (unpaired) electrons. The maximum Gasteiger partial charge on any atom is 0.0505 e. The average molecular weight is 268 g/mol. The van der Waals surface area contributed by atoms with Crippen LogP contribution in [0.5, 0.6) is 0 Å². The molecule has 0 fully saturated rings. The third-order valence-electron chi connectivity index (χ3n) is 2.76. The largest absolute Gasteiger partial charge is 0.381 e. The summed E-state index contributed by atoms with van der Waals surface area (Å²) in [5, 5.41) is 0. The molecule has 1 rings (SSSR count). The normalized spacial score (nSPS) is 11.1. The van der Waals surface area contributed by atoms with E-state index in [-0.39, 0.29) is 7.92 Å². The molecular weight excluding hydrogens is 243 g/mol. The summed E-state index contributed by atoms with van der Waals surface area (Å²) in [6.45, 7) is 7.53. The minimum Gasteiger partial charge on any atom is -0.381 e. The van der Waals surface area contributed by atoms with Crippen molar-refractivity contribution in [2.24, 2.45) is 0 Å². The minimum atomic E-state index is -0.0102. The van der Waals surface area contributed by atoms with Crippen LogP contribution in [-0.4, -0.2) is 38.8 Å². The Bertz CT molecular complexity index is 280. The standard InChI is InChI=1S/C15H25O2P/c1-3-16-10-12-18(13-11-17-4-2)14-15-8-6-5-7-9-15/h5-9H,3-4,10-14H2,1-2H3. The van der Waals surface area contributed by atoms with Crippen LogP contribution in [0, 0.1) is 0 Å². The van der Waals surface area contributed by atoms with Crippen LogP contribution in [0.3, 0.4) is 0 Å². The van der Waals surface area contributed by atoms with Crippen LogP contribution in [0.2, 0.25) is 0 Å². The maximum atomic E-state index is 5.48. The van der Waals surface area contributed by atoms with Crippen LogP contribution in [-0.2, 0) is 15.6 Å². The molecule has 0 aromatic heterocycles. The Kier molecular flexibility index (Phi) is 9.11. The zero-order valence-electron chi connectivity index (χ0n) is 11.6. The minimum absolute atomic E-state index is 0.0102. The quantitative estimate of drug-likeness (QED) is 0.475. The second-order valence-corrected chi connectivity index (χ2v) is 6.71. The zero-order chi connectivity index (χ0) is 13.1. The van der Waals surface area contributed by atoms with Crippen molar-refractivity contribution in [3.8, 4) is 0 Å². The number of ether oxygens (including phenoxy) is 2. The number of hydrogen-bond acceptors (Lipinski definition) is 2. The zero-order valence-corrected chi connectivity index (χ0v) is 12.5. The summed E-state index contributed by atoms with van der Waals surface area (Å²) in [5.41, 5.74) is 1.44. The van der Waals surface area contributed by atoms with E-state index in [1.807, 2.05) is 0 Å². The third kappa shape index (κ3) is 7.10. The summed E-state index contributed by atoms with van der Waals surface area (Å²) in [6.07, 6.45) is 3.56. The van der Waals surface area contributed by atoms with Gasteiger partial charge in [-0.25, -0.2) is 0 Å². The van der Waals surface area contributed by atoms with Crippen molar-refractivity contribution >= 4 is 7.92 Å². The van der Waals surface area contributed by atoms with Gasteiger partial charge in [0.15, 0.2) is 0 Å². The molecular formula is C15H25O2P. The molecule has 0 unspecified atom stereocenters. The van der Waals surface area contributed by atoms with Crippen LogP contribution in [0.4, 0.5) is 0 Å². The fourth-order valence-corrected chi connectivity index (χ4v) is 3.83. The topological polar surface area (TPSA) is 18.5 Å². The molecule has 0 saturated carbocycles. The van der Waals surface area contributed by atoms with Gasteiger partial charge in [-0.05, 0) is 37.9 Å². The van der Waals surface area contributed by atoms with Gasteiger partial charge in [0.25, 0.3) is 0 Å². The number of rotatable bonds is 10. The van der Waals surface area contributed by atoms with Gasteiger partial charge in [0, 0.05) is 13.2 Å². The van der Waals surface area contributed by atoms with E-state index in [0.717, 1.165) is 26.4 Å². The van der Waals surface area contributed by atoms with E-state index in [1.54, 1.807) is 0 Å². The van der Waals surface area contributed by atoms with Gasteiger partial charge in [-0.2, -0.15) is 0 Å². The Morgan fingerprint density at radius 3 is 1.94 bits per heavy atom. The molecule has 1 aromatic carbocycles. The van der Waals surface area contributed by atoms with E-state index in [0.29, 0.717) is 0 Å². The number of hydrogen-bond donors (Lipinski definition) is 0. The predicted octanol–water partition coefficient (Wildman–Crippen LogP) is 3.74. The first-order chi connectivity index (χ1) is 8.86. The van der Waals surface area contributed by atoms with Crippen LogP contribution >= 0.6 is 7.92 Å². The van der Waals surface area contributed by atoms with Gasteiger partial charge < -0.3 is 9.47 Å². The first kappa shape index (κ1) is 15.6. The van der Waals surface area contributed by atoms with Gasteiger partial charge in [-0.3, -0.25) is 0 Å². The van der Waals surface area contributed by atoms with E-state index < -0.39 is 0 Å². The highest BCUT2D eigenvalue weighted by molar-refractivity contribution is 7.56. The summed E-state index contributed by atoms with van der Waals surface area (Å²) in [5.74, 6) is 0. The fraction of sp³-hybridized carbons (Fsp3) is 0.600. The summed E-state index contributed by atoms with van der Waals surface area (Å²) >= 11 is 0. The van der Waals surface area contributed by atoms with E-state index in [4.69, 9.17) is 9.47 Å². The van der Waals surface area contributed by atoms with Crippen LogP contribution in [0.25, 0.3) is 0 Å². The highest BCUT2D eigenvalue weighted by Gasteiger charge is 2.08. The molecule has 3 heteroatoms. The van der Waals surface area contributed by atoms with E-state index >= 15 is 0 Å². The van der Waals surface area contributed by atoms with Crippen LogP contribution in [0.1, 0.15) is 19.4 Å². The molecule has 0 atom stereocenters. The smallest absolute Gasteiger partial charge is 0.0505 e. The lowest BCUT2D eigenvalue weighted by Gasteiger charge is -2.17. The van der Waals surface area contributed by atoms with Gasteiger partial charge in [0.2, 0.25) is 0 Å². The lowest BCUT2D eigenvalue weighted by molar-refractivity contribution is 0.160. The van der Waals surface area contributed by atoms with Gasteiger partial charge in [-0.1, -0.05) is 38.3 Å². The molecule has 0 aliphatic rings. The first-order valence-electron chi connectivity index (χ1n) is 6.78. The molecule has 0 heterocycles. The Hall–Kier alpha value is -0.430. The van der Waals surface area contributed by atoms with Crippen LogP contribution < -0.4 is 0 Å². The van der Waals surface area contributed by atoms with E-state index in [1.165, 1.54) is 24.0 Å². The average Bonchev–Trinajstić information content (AvgIpc) is 2.40. The van der Waals surface area contributed by atoms with Gasteiger partial charge in [0.1, 0.15) is 0 Å². The second-order valence-electron chi connectivity index (χ2n) is 4.16. The predicted molar refractivity (Wildman–Crippen MR) is 79.8 cm³/mol. The molecule has 0 aliphatic heterocycles. The summed E-state index contributed by atoms with van der Waals surface area (Å²) in [4.78, 5) is 0. The molecule has 1 aromatic rings. The van der Waals surface area contributed by atoms with Crippen LogP contribution in [0.15, 0.2) is 30.3 Å². The highest BCUT2D eigenvalue weighted by atomic mass is 31.1. The summed E-state index contributed by atoms with van der Waals surface area (Å²) < 4.78 is 11.0. The molecule has 18 heavy (non-hydrogen) atoms. The molecule has 2 nitrogen and oxygen atoms in total. The molecule has 0 spiro atoms. The Morgan fingerprint density at radius 2 is 1.44 bits per heavy atom. The summed E-state index contributed by atoms with van der Waals surface area (Å²) in [7, 11) is -0.0102. The molecule has 0 amide bonds. The Labute approximate surface area is 112 Å². The lowest BCUT2D eigenvalue weighted by atomic mass is 10.2. The van der Waals surface area contributed by atoms with Crippen molar-refractivity contribution in [1.82, 2.24) is 0 Å². The Balaban J connectivity index is 2.37. The highest BCUT2D eigenvalue weighted by Crippen LogP contribution is 2.38. The molecule has 0 N–H and O–H groups in total. The van der Waals surface area contributed by atoms with Gasteiger partial charge in [-0.15, -0.1) is 0 Å². The number of benzene rings is 1. The molecule has 0 saturated heterocycles. The summed E-state index contributed by atoms with van der Waals surface area (Å²) in [6, 6.07) is 10.8. The monoisotopic (exact) mass is 268 g/mol. The van der Waals surface area contributed by atoms with E-state index in [9.17, 15) is 0 Å². The van der Waals surface area contributed by atoms with Crippen molar-refractivity contribution in [3.63, 3.8) is 0 Å². The lowest BCUT2D eigenvalue weighted by Crippen LogP contribution is -2.06. The fourth-order valence-electron chi connectivity index (χ4n) is 1.79. The van der Waals surface area contributed by atoms with E-state index in [2.05, 4.69) is 44.2 Å². The second kappa shape index (κ2) is 10.5. The Morgan fingerprint density at radius 1 is 0.889 bits per heavy atom. The van der Waals surface area contributed by atoms with Crippen molar-refractivity contribution in [1.29, 1.82) is 0 Å². The van der Waals surface area contributed by atoms with Gasteiger partial charge in [0.05, 0.1) is 13.2 Å². The molecule has 102 valence electrons. The van der Waals surface area contributed by atoms with Crippen molar-refractivity contribution in [2.75, 3.05) is 38.8 Å². The van der Waals surface area contributed by atoms with Crippen molar-refractivity contribution in [2.45, 2.75) is 20.0 Å². The molecule has 0 aliphatic carbocycles. The third-order valence-corrected chi connectivity index (χ3v) is 5.20.